The van der Waals surface area contributed by atoms with Crippen molar-refractivity contribution in [1.82, 2.24) is 5.32 Å². The molecule has 44 heavy (non-hydrogen) atoms. The molecule has 0 aliphatic heterocycles. The quantitative estimate of drug-likeness (QED) is 0.136. The Morgan fingerprint density at radius 1 is 1.05 bits per heavy atom. The molecule has 3 N–H and O–H groups in total. The van der Waals surface area contributed by atoms with Gasteiger partial charge in [0.25, 0.3) is 0 Å². The van der Waals surface area contributed by atoms with E-state index in [0.717, 1.165) is 81.6 Å². The third-order valence-corrected chi connectivity index (χ3v) is 13.2. The highest BCUT2D eigenvalue weighted by atomic mass is 16.6. The van der Waals surface area contributed by atoms with E-state index in [4.69, 9.17) is 17.0 Å². The maximum Gasteiger partial charge on any atom is 0.407 e. The first-order chi connectivity index (χ1) is 21.1. The molecule has 0 heterocycles. The standard InChI is InChI=1S/C40H66N2O2/c1-8-22-39-23-20-33(44-38(43)42-26-12-10-9-11-25-41)27-32(39)16-17-34-36(39)21-24-40(29(4)5)35(18-19-37(34)40)31(7)15-13-14-30(6)28(2)3/h8,16,30-31,33-37H,1-2,4,9-15,17-27,41H2,3,5-7H3,(H,42,43). The fourth-order valence-corrected chi connectivity index (χ4v) is 10.7. The number of amides is 1. The molecule has 9 atom stereocenters. The lowest BCUT2D eigenvalue weighted by Crippen LogP contribution is -2.53. The van der Waals surface area contributed by atoms with Gasteiger partial charge < -0.3 is 15.8 Å². The molecule has 0 aromatic heterocycles. The smallest absolute Gasteiger partial charge is 0.407 e. The summed E-state index contributed by atoms with van der Waals surface area (Å²) >= 11 is 0. The average Bonchev–Trinajstić information content (AvgIpc) is 3.40. The first-order valence-corrected chi connectivity index (χ1v) is 18.4. The maximum absolute atomic E-state index is 12.6. The van der Waals surface area contributed by atoms with E-state index in [1.54, 1.807) is 5.57 Å². The highest BCUT2D eigenvalue weighted by Gasteiger charge is 2.62. The molecule has 4 heteroatoms. The van der Waals surface area contributed by atoms with Gasteiger partial charge in [0.05, 0.1) is 0 Å². The molecule has 0 bridgehead atoms. The number of hydrogen-bond donors (Lipinski definition) is 2. The van der Waals surface area contributed by atoms with Crippen LogP contribution < -0.4 is 11.1 Å². The molecule has 4 nitrogen and oxygen atoms in total. The van der Waals surface area contributed by atoms with E-state index in [-0.39, 0.29) is 17.6 Å². The predicted octanol–water partition coefficient (Wildman–Crippen LogP) is 10.3. The van der Waals surface area contributed by atoms with E-state index in [1.165, 1.54) is 62.5 Å². The second kappa shape index (κ2) is 15.7. The fourth-order valence-electron chi connectivity index (χ4n) is 10.7. The van der Waals surface area contributed by atoms with E-state index < -0.39 is 0 Å². The van der Waals surface area contributed by atoms with Gasteiger partial charge in [0.2, 0.25) is 0 Å². The van der Waals surface area contributed by atoms with E-state index in [0.29, 0.717) is 23.8 Å². The number of carbonyl (C=O) groups excluding carboxylic acids is 1. The fraction of sp³-hybridized carbons (Fsp3) is 0.775. The van der Waals surface area contributed by atoms with Gasteiger partial charge in [-0.25, -0.2) is 4.79 Å². The summed E-state index contributed by atoms with van der Waals surface area (Å²) in [5.41, 5.74) is 10.4. The van der Waals surface area contributed by atoms with Crippen molar-refractivity contribution >= 4 is 6.09 Å². The number of fused-ring (bicyclic) bond motifs is 5. The lowest BCUT2D eigenvalue weighted by molar-refractivity contribution is -0.0551. The van der Waals surface area contributed by atoms with Crippen LogP contribution in [0.15, 0.2) is 48.6 Å². The van der Waals surface area contributed by atoms with Crippen molar-refractivity contribution in [3.63, 3.8) is 0 Å². The van der Waals surface area contributed by atoms with Gasteiger partial charge in [0.15, 0.2) is 0 Å². The molecule has 9 unspecified atom stereocenters. The van der Waals surface area contributed by atoms with Crippen LogP contribution in [0, 0.1) is 46.3 Å². The van der Waals surface area contributed by atoms with E-state index >= 15 is 0 Å². The number of alkyl carbamates (subject to hydrolysis) is 1. The van der Waals surface area contributed by atoms with Crippen LogP contribution in [0.4, 0.5) is 4.79 Å². The van der Waals surface area contributed by atoms with Crippen LogP contribution in [0.5, 0.6) is 0 Å². The largest absolute Gasteiger partial charge is 0.446 e. The maximum atomic E-state index is 12.6. The Labute approximate surface area is 270 Å². The van der Waals surface area contributed by atoms with Crippen LogP contribution in [-0.2, 0) is 4.74 Å². The van der Waals surface area contributed by atoms with Gasteiger partial charge >= 0.3 is 6.09 Å². The van der Waals surface area contributed by atoms with E-state index in [1.807, 2.05) is 0 Å². The Balaban J connectivity index is 1.43. The van der Waals surface area contributed by atoms with E-state index in [9.17, 15) is 4.79 Å². The zero-order valence-corrected chi connectivity index (χ0v) is 28.9. The summed E-state index contributed by atoms with van der Waals surface area (Å²) in [5, 5.41) is 2.99. The van der Waals surface area contributed by atoms with Crippen LogP contribution in [-0.4, -0.2) is 25.3 Å². The summed E-state index contributed by atoms with van der Waals surface area (Å²) in [5.74, 6) is 4.29. The summed E-state index contributed by atoms with van der Waals surface area (Å²) in [6.45, 7) is 24.0. The summed E-state index contributed by atoms with van der Waals surface area (Å²) in [6, 6.07) is 0. The molecule has 0 aromatic carbocycles. The molecule has 1 amide bonds. The topological polar surface area (TPSA) is 64.3 Å². The van der Waals surface area contributed by atoms with Crippen LogP contribution in [0.25, 0.3) is 0 Å². The molecular formula is C40H66N2O2. The number of carbonyl (C=O) groups is 1. The third kappa shape index (κ3) is 7.26. The minimum absolute atomic E-state index is 0.0182. The van der Waals surface area contributed by atoms with Gasteiger partial charge in [-0.05, 0) is 137 Å². The molecule has 0 aromatic rings. The van der Waals surface area contributed by atoms with Crippen molar-refractivity contribution in [2.45, 2.75) is 137 Å². The second-order valence-corrected chi connectivity index (χ2v) is 15.6. The highest BCUT2D eigenvalue weighted by Crippen LogP contribution is 2.70. The normalized spacial score (nSPS) is 34.0. The number of hydrogen-bond acceptors (Lipinski definition) is 3. The van der Waals surface area contributed by atoms with Crippen molar-refractivity contribution in [2.75, 3.05) is 13.1 Å². The molecule has 4 aliphatic rings. The van der Waals surface area contributed by atoms with Gasteiger partial charge in [-0.15, -0.1) is 6.58 Å². The Hall–Kier alpha value is -1.81. The van der Waals surface area contributed by atoms with Gasteiger partial charge in [0, 0.05) is 13.0 Å². The molecule has 3 fully saturated rings. The number of unbranched alkanes of at least 4 members (excludes halogenated alkanes) is 3. The van der Waals surface area contributed by atoms with Gasteiger partial charge in [0.1, 0.15) is 6.10 Å². The monoisotopic (exact) mass is 607 g/mol. The summed E-state index contributed by atoms with van der Waals surface area (Å²) in [6.07, 6.45) is 23.2. The SMILES string of the molecule is C=CCC12CCC(OC(=O)NCCCCCCN)CC1=CCC1C2CCC2(C(=C)C)C(C(C)CCCC(C)C(=C)C)CCC12. The van der Waals surface area contributed by atoms with Crippen LogP contribution in [0.3, 0.4) is 0 Å². The molecule has 4 aliphatic carbocycles. The number of nitrogens with one attached hydrogen (secondary N) is 1. The minimum Gasteiger partial charge on any atom is -0.446 e. The first-order valence-electron chi connectivity index (χ1n) is 18.4. The lowest BCUT2D eigenvalue weighted by atomic mass is 9.44. The van der Waals surface area contributed by atoms with Crippen LogP contribution in [0.2, 0.25) is 0 Å². The van der Waals surface area contributed by atoms with Gasteiger partial charge in [-0.2, -0.15) is 0 Å². The van der Waals surface area contributed by atoms with Crippen molar-refractivity contribution in [3.05, 3.63) is 48.6 Å². The molecule has 0 radical (unpaired) electrons. The number of nitrogens with two attached hydrogens (primary N) is 1. The highest BCUT2D eigenvalue weighted by molar-refractivity contribution is 5.67. The molecule has 248 valence electrons. The predicted molar refractivity (Wildman–Crippen MR) is 186 cm³/mol. The summed E-state index contributed by atoms with van der Waals surface area (Å²) in [7, 11) is 0. The van der Waals surface area contributed by atoms with Crippen molar-refractivity contribution in [1.29, 1.82) is 0 Å². The van der Waals surface area contributed by atoms with Crippen molar-refractivity contribution in [3.8, 4) is 0 Å². The van der Waals surface area contributed by atoms with Crippen molar-refractivity contribution in [2.24, 2.45) is 52.1 Å². The Bertz CT molecular complexity index is 1050. The number of allylic oxidation sites excluding steroid dienone is 4. The van der Waals surface area contributed by atoms with Crippen molar-refractivity contribution < 1.29 is 9.53 Å². The zero-order chi connectivity index (χ0) is 31.9. The Morgan fingerprint density at radius 3 is 2.52 bits per heavy atom. The second-order valence-electron chi connectivity index (χ2n) is 15.6. The summed E-state index contributed by atoms with van der Waals surface area (Å²) < 4.78 is 5.99. The first kappa shape index (κ1) is 35.1. The Kier molecular flexibility index (Phi) is 12.5. The number of ether oxygens (including phenoxy) is 1. The minimum atomic E-state index is -0.247. The molecule has 0 spiro atoms. The molecule has 0 saturated heterocycles. The van der Waals surface area contributed by atoms with Gasteiger partial charge in [-0.1, -0.05) is 81.6 Å². The Morgan fingerprint density at radius 2 is 1.82 bits per heavy atom. The molecule has 4 rings (SSSR count). The summed E-state index contributed by atoms with van der Waals surface area (Å²) in [4.78, 5) is 12.6. The molecular weight excluding hydrogens is 540 g/mol. The molecule has 3 saturated carbocycles. The van der Waals surface area contributed by atoms with Crippen LogP contribution >= 0.6 is 0 Å². The van der Waals surface area contributed by atoms with Gasteiger partial charge in [-0.3, -0.25) is 0 Å². The lowest BCUT2D eigenvalue weighted by Gasteiger charge is -2.60. The zero-order valence-electron chi connectivity index (χ0n) is 28.9. The van der Waals surface area contributed by atoms with Crippen LogP contribution in [0.1, 0.15) is 130 Å². The average molecular weight is 607 g/mol. The third-order valence-electron chi connectivity index (χ3n) is 13.2. The number of rotatable bonds is 16. The van der Waals surface area contributed by atoms with E-state index in [2.05, 4.69) is 58.3 Å².